The predicted molar refractivity (Wildman–Crippen MR) is 96.1 cm³/mol. The van der Waals surface area contributed by atoms with Crippen LogP contribution in [0.2, 0.25) is 0 Å². The van der Waals surface area contributed by atoms with Crippen molar-refractivity contribution in [1.82, 2.24) is 10.6 Å². The van der Waals surface area contributed by atoms with Crippen molar-refractivity contribution >= 4 is 28.4 Å². The van der Waals surface area contributed by atoms with Crippen molar-refractivity contribution in [3.63, 3.8) is 0 Å². The quantitative estimate of drug-likeness (QED) is 0.908. The maximum absolute atomic E-state index is 12.1. The van der Waals surface area contributed by atoms with Crippen LogP contribution < -0.4 is 15.5 Å². The zero-order valence-corrected chi connectivity index (χ0v) is 13.9. The maximum Gasteiger partial charge on any atom is 0.321 e. The van der Waals surface area contributed by atoms with Crippen molar-refractivity contribution < 1.29 is 9.59 Å². The van der Waals surface area contributed by atoms with Gasteiger partial charge in [-0.05, 0) is 35.7 Å². The number of amides is 3. The molecule has 0 radical (unpaired) electrons. The number of benzene rings is 2. The van der Waals surface area contributed by atoms with E-state index in [-0.39, 0.29) is 24.5 Å². The third kappa shape index (κ3) is 4.04. The zero-order valence-electron chi connectivity index (χ0n) is 13.9. The number of nitrogens with one attached hydrogen (secondary N) is 2. The molecule has 0 aliphatic heterocycles. The van der Waals surface area contributed by atoms with Gasteiger partial charge in [-0.2, -0.15) is 0 Å². The topological polar surface area (TPSA) is 61.4 Å². The van der Waals surface area contributed by atoms with Gasteiger partial charge in [0, 0.05) is 18.8 Å². The third-order valence-corrected chi connectivity index (χ3v) is 4.50. The molecule has 3 rings (SSSR count). The summed E-state index contributed by atoms with van der Waals surface area (Å²) in [5.41, 5.74) is 0.944. The van der Waals surface area contributed by atoms with E-state index in [0.29, 0.717) is 0 Å². The average Bonchev–Trinajstić information content (AvgIpc) is 3.06. The standard InChI is InChI=1S/C19H23N3O2/c1-22(17-11-10-14-6-2-3-7-15(14)12-17)13-18(23)21-19(24)20-16-8-4-5-9-16/h2-3,6-7,10-12,16H,4-5,8-9,13H2,1H3,(H2,20,21,23,24). The van der Waals surface area contributed by atoms with Crippen molar-refractivity contribution in [3.8, 4) is 0 Å². The Morgan fingerprint density at radius 3 is 2.54 bits per heavy atom. The van der Waals surface area contributed by atoms with Gasteiger partial charge in [-0.1, -0.05) is 43.2 Å². The molecule has 0 heterocycles. The first-order valence-corrected chi connectivity index (χ1v) is 8.42. The van der Waals surface area contributed by atoms with Gasteiger partial charge >= 0.3 is 6.03 Å². The lowest BCUT2D eigenvalue weighted by molar-refractivity contribution is -0.118. The Hall–Kier alpha value is -2.56. The molecule has 126 valence electrons. The van der Waals surface area contributed by atoms with Crippen molar-refractivity contribution in [2.24, 2.45) is 0 Å². The summed E-state index contributed by atoms with van der Waals surface area (Å²) in [6.45, 7) is 0.135. The van der Waals surface area contributed by atoms with E-state index in [1.807, 2.05) is 48.3 Å². The summed E-state index contributed by atoms with van der Waals surface area (Å²) in [5.74, 6) is -0.304. The van der Waals surface area contributed by atoms with Crippen molar-refractivity contribution in [2.75, 3.05) is 18.5 Å². The number of urea groups is 1. The molecule has 2 aromatic rings. The fourth-order valence-corrected chi connectivity index (χ4v) is 3.18. The molecule has 5 heteroatoms. The average molecular weight is 325 g/mol. The van der Waals surface area contributed by atoms with E-state index >= 15 is 0 Å². The SMILES string of the molecule is CN(CC(=O)NC(=O)NC1CCCC1)c1ccc2ccccc2c1. The lowest BCUT2D eigenvalue weighted by Gasteiger charge is -2.19. The summed E-state index contributed by atoms with van der Waals surface area (Å²) < 4.78 is 0. The van der Waals surface area contributed by atoms with Crippen LogP contribution in [0.5, 0.6) is 0 Å². The van der Waals surface area contributed by atoms with E-state index < -0.39 is 0 Å². The molecule has 0 atom stereocenters. The summed E-state index contributed by atoms with van der Waals surface area (Å²) >= 11 is 0. The van der Waals surface area contributed by atoms with Gasteiger partial charge in [0.15, 0.2) is 0 Å². The van der Waals surface area contributed by atoms with Crippen molar-refractivity contribution in [3.05, 3.63) is 42.5 Å². The number of carbonyl (C=O) groups excluding carboxylic acids is 2. The van der Waals surface area contributed by atoms with Crippen LogP contribution in [-0.4, -0.2) is 31.6 Å². The molecular formula is C19H23N3O2. The van der Waals surface area contributed by atoms with Gasteiger partial charge in [0.1, 0.15) is 0 Å². The number of rotatable bonds is 4. The molecule has 2 N–H and O–H groups in total. The predicted octanol–water partition coefficient (Wildman–Crippen LogP) is 3.04. The minimum Gasteiger partial charge on any atom is -0.365 e. The Morgan fingerprint density at radius 2 is 1.79 bits per heavy atom. The summed E-state index contributed by atoms with van der Waals surface area (Å²) in [6.07, 6.45) is 4.28. The molecule has 1 aliphatic rings. The molecule has 0 saturated heterocycles. The highest BCUT2D eigenvalue weighted by atomic mass is 16.2. The molecule has 1 saturated carbocycles. The Labute approximate surface area is 142 Å². The summed E-state index contributed by atoms with van der Waals surface area (Å²) in [5, 5.41) is 7.56. The molecule has 24 heavy (non-hydrogen) atoms. The molecule has 0 spiro atoms. The maximum atomic E-state index is 12.1. The van der Waals surface area contributed by atoms with E-state index in [1.165, 1.54) is 0 Å². The van der Waals surface area contributed by atoms with Gasteiger partial charge in [-0.25, -0.2) is 4.79 Å². The first-order chi connectivity index (χ1) is 11.6. The highest BCUT2D eigenvalue weighted by Crippen LogP contribution is 2.21. The lowest BCUT2D eigenvalue weighted by atomic mass is 10.1. The van der Waals surface area contributed by atoms with E-state index in [9.17, 15) is 9.59 Å². The molecule has 2 aromatic carbocycles. The van der Waals surface area contributed by atoms with Crippen LogP contribution in [0.1, 0.15) is 25.7 Å². The molecule has 0 aromatic heterocycles. The monoisotopic (exact) mass is 325 g/mol. The number of likely N-dealkylation sites (N-methyl/N-ethyl adjacent to an activating group) is 1. The molecule has 3 amide bonds. The van der Waals surface area contributed by atoms with Gasteiger partial charge in [0.05, 0.1) is 6.54 Å². The molecule has 0 bridgehead atoms. The largest absolute Gasteiger partial charge is 0.365 e. The second-order valence-electron chi connectivity index (χ2n) is 6.39. The molecule has 1 aliphatic carbocycles. The van der Waals surface area contributed by atoms with Crippen LogP contribution >= 0.6 is 0 Å². The zero-order chi connectivity index (χ0) is 16.9. The van der Waals surface area contributed by atoms with Crippen molar-refractivity contribution in [1.29, 1.82) is 0 Å². The Kier molecular flexibility index (Phi) is 4.99. The number of anilines is 1. The molecule has 5 nitrogen and oxygen atoms in total. The van der Waals surface area contributed by atoms with Crippen LogP contribution in [0, 0.1) is 0 Å². The van der Waals surface area contributed by atoms with Crippen LogP contribution in [0.4, 0.5) is 10.5 Å². The van der Waals surface area contributed by atoms with Gasteiger partial charge in [-0.3, -0.25) is 10.1 Å². The summed E-state index contributed by atoms with van der Waals surface area (Å²) in [4.78, 5) is 25.7. The number of hydrogen-bond acceptors (Lipinski definition) is 3. The van der Waals surface area contributed by atoms with Crippen LogP contribution in [0.3, 0.4) is 0 Å². The first kappa shape index (κ1) is 16.3. The van der Waals surface area contributed by atoms with Gasteiger partial charge in [0.25, 0.3) is 0 Å². The lowest BCUT2D eigenvalue weighted by Crippen LogP contribution is -2.46. The Morgan fingerprint density at radius 1 is 1.08 bits per heavy atom. The van der Waals surface area contributed by atoms with Crippen LogP contribution in [0.25, 0.3) is 10.8 Å². The molecule has 1 fully saturated rings. The molecular weight excluding hydrogens is 302 g/mol. The second kappa shape index (κ2) is 7.34. The van der Waals surface area contributed by atoms with E-state index in [0.717, 1.165) is 42.1 Å². The second-order valence-corrected chi connectivity index (χ2v) is 6.39. The molecule has 0 unspecified atom stereocenters. The highest BCUT2D eigenvalue weighted by molar-refractivity contribution is 5.96. The minimum absolute atomic E-state index is 0.135. The highest BCUT2D eigenvalue weighted by Gasteiger charge is 2.18. The normalized spacial score (nSPS) is 14.5. The number of carbonyl (C=O) groups is 2. The van der Waals surface area contributed by atoms with Crippen LogP contribution in [-0.2, 0) is 4.79 Å². The number of hydrogen-bond donors (Lipinski definition) is 2. The fourth-order valence-electron chi connectivity index (χ4n) is 3.18. The Bertz CT molecular complexity index is 738. The van der Waals surface area contributed by atoms with Crippen molar-refractivity contribution in [2.45, 2.75) is 31.7 Å². The van der Waals surface area contributed by atoms with Gasteiger partial charge < -0.3 is 10.2 Å². The summed E-state index contributed by atoms with van der Waals surface area (Å²) in [7, 11) is 1.85. The van der Waals surface area contributed by atoms with E-state index in [1.54, 1.807) is 0 Å². The summed E-state index contributed by atoms with van der Waals surface area (Å²) in [6, 6.07) is 14.0. The number of fused-ring (bicyclic) bond motifs is 1. The van der Waals surface area contributed by atoms with E-state index in [2.05, 4.69) is 16.7 Å². The minimum atomic E-state index is -0.390. The number of nitrogens with zero attached hydrogens (tertiary/aromatic N) is 1. The van der Waals surface area contributed by atoms with Crippen LogP contribution in [0.15, 0.2) is 42.5 Å². The first-order valence-electron chi connectivity index (χ1n) is 8.42. The van der Waals surface area contributed by atoms with Gasteiger partial charge in [-0.15, -0.1) is 0 Å². The van der Waals surface area contributed by atoms with E-state index in [4.69, 9.17) is 0 Å². The third-order valence-electron chi connectivity index (χ3n) is 4.50. The Balaban J connectivity index is 1.55. The number of imide groups is 1. The smallest absolute Gasteiger partial charge is 0.321 e. The van der Waals surface area contributed by atoms with Gasteiger partial charge in [0.2, 0.25) is 5.91 Å². The fraction of sp³-hybridized carbons (Fsp3) is 0.368.